The van der Waals surface area contributed by atoms with E-state index < -0.39 is 5.82 Å². The second-order valence-electron chi connectivity index (χ2n) is 7.64. The number of hydrogen-bond acceptors (Lipinski definition) is 1. The summed E-state index contributed by atoms with van der Waals surface area (Å²) >= 11 is 6.30. The van der Waals surface area contributed by atoms with Crippen molar-refractivity contribution < 1.29 is 9.13 Å². The molecule has 1 aromatic rings. The Morgan fingerprint density at radius 1 is 1.15 bits per heavy atom. The molecule has 2 aliphatic rings. The molecule has 1 atom stereocenters. The summed E-state index contributed by atoms with van der Waals surface area (Å²) in [6, 6.07) is 3.61. The minimum atomic E-state index is -0.434. The summed E-state index contributed by atoms with van der Waals surface area (Å²) < 4.78 is 19.7. The van der Waals surface area contributed by atoms with Crippen molar-refractivity contribution in [2.45, 2.75) is 58.8 Å². The minimum absolute atomic E-state index is 0.201. The number of rotatable bonds is 5. The average Bonchev–Trinajstić information content (AvgIpc) is 2.67. The third kappa shape index (κ3) is 4.34. The normalized spacial score (nSPS) is 26.8. The molecule has 1 unspecified atom stereocenters. The van der Waals surface area contributed by atoms with E-state index in [9.17, 15) is 4.39 Å². The van der Waals surface area contributed by atoms with Crippen molar-refractivity contribution in [2.24, 2.45) is 17.8 Å². The summed E-state index contributed by atoms with van der Waals surface area (Å²) in [6.45, 7) is 4.40. The van der Waals surface area contributed by atoms with E-state index in [-0.39, 0.29) is 10.8 Å². The maximum absolute atomic E-state index is 14.4. The number of benzene rings is 1. The summed E-state index contributed by atoms with van der Waals surface area (Å²) in [5.74, 6) is 2.22. The Balaban J connectivity index is 1.64. The standard InChI is InChI=1S/C23H30ClFO/c1-3-5-16-6-8-17(9-7-16)18-10-12-19(13-11-18)20-14-15-21(26-4-2)23(25)22(20)24/h3,5,12,14-18H,4,6-11,13H2,1-2H3. The fraction of sp³-hybridized carbons (Fsp3) is 0.565. The molecular weight excluding hydrogens is 347 g/mol. The van der Waals surface area contributed by atoms with Crippen LogP contribution in [0.3, 0.4) is 0 Å². The van der Waals surface area contributed by atoms with Gasteiger partial charge >= 0.3 is 0 Å². The Kier molecular flexibility index (Phi) is 6.80. The zero-order valence-electron chi connectivity index (χ0n) is 15.9. The van der Waals surface area contributed by atoms with Gasteiger partial charge in [0.1, 0.15) is 0 Å². The molecular formula is C23H30ClFO. The molecule has 3 heteroatoms. The molecule has 2 aliphatic carbocycles. The first kappa shape index (κ1) is 19.5. The van der Waals surface area contributed by atoms with Gasteiger partial charge < -0.3 is 4.74 Å². The van der Waals surface area contributed by atoms with Crippen molar-refractivity contribution in [3.05, 3.63) is 46.8 Å². The van der Waals surface area contributed by atoms with Gasteiger partial charge in [-0.3, -0.25) is 0 Å². The third-order valence-electron chi connectivity index (χ3n) is 6.09. The highest BCUT2D eigenvalue weighted by atomic mass is 35.5. The Morgan fingerprint density at radius 2 is 1.92 bits per heavy atom. The zero-order valence-corrected chi connectivity index (χ0v) is 16.7. The van der Waals surface area contributed by atoms with Gasteiger partial charge in [0.2, 0.25) is 0 Å². The lowest BCUT2D eigenvalue weighted by molar-refractivity contribution is 0.212. The van der Waals surface area contributed by atoms with Crippen LogP contribution in [0.2, 0.25) is 5.02 Å². The van der Waals surface area contributed by atoms with Crippen molar-refractivity contribution in [2.75, 3.05) is 6.61 Å². The van der Waals surface area contributed by atoms with Gasteiger partial charge in [0.05, 0.1) is 11.6 Å². The Labute approximate surface area is 162 Å². The van der Waals surface area contributed by atoms with Crippen LogP contribution in [-0.2, 0) is 0 Å². The number of allylic oxidation sites excluding steroid dienone is 4. The van der Waals surface area contributed by atoms with E-state index in [4.69, 9.17) is 16.3 Å². The van der Waals surface area contributed by atoms with Gasteiger partial charge in [0.25, 0.3) is 0 Å². The molecule has 0 aliphatic heterocycles. The Morgan fingerprint density at radius 3 is 2.54 bits per heavy atom. The van der Waals surface area contributed by atoms with Gasteiger partial charge in [0.15, 0.2) is 11.6 Å². The van der Waals surface area contributed by atoms with Crippen LogP contribution in [0.5, 0.6) is 5.75 Å². The van der Waals surface area contributed by atoms with Gasteiger partial charge in [-0.1, -0.05) is 29.8 Å². The summed E-state index contributed by atoms with van der Waals surface area (Å²) in [5.41, 5.74) is 2.03. The zero-order chi connectivity index (χ0) is 18.5. The smallest absolute Gasteiger partial charge is 0.184 e. The van der Waals surface area contributed by atoms with E-state index in [0.717, 1.165) is 36.2 Å². The number of ether oxygens (including phenoxy) is 1. The molecule has 3 rings (SSSR count). The molecule has 0 heterocycles. The van der Waals surface area contributed by atoms with Crippen LogP contribution in [0.1, 0.15) is 64.4 Å². The van der Waals surface area contributed by atoms with Crippen molar-refractivity contribution in [1.29, 1.82) is 0 Å². The summed E-state index contributed by atoms with van der Waals surface area (Å²) in [4.78, 5) is 0. The number of hydrogen-bond donors (Lipinski definition) is 0. The van der Waals surface area contributed by atoms with Crippen LogP contribution >= 0.6 is 11.6 Å². The SMILES string of the molecule is CC=CC1CCC(C2CC=C(c3ccc(OCC)c(F)c3Cl)CC2)CC1. The van der Waals surface area contributed by atoms with E-state index >= 15 is 0 Å². The predicted octanol–water partition coefficient (Wildman–Crippen LogP) is 7.44. The van der Waals surface area contributed by atoms with Crippen LogP contribution in [0.25, 0.3) is 5.57 Å². The van der Waals surface area contributed by atoms with Crippen LogP contribution in [0.15, 0.2) is 30.4 Å². The lowest BCUT2D eigenvalue weighted by Gasteiger charge is -2.35. The molecule has 1 aromatic carbocycles. The second-order valence-corrected chi connectivity index (χ2v) is 8.01. The summed E-state index contributed by atoms with van der Waals surface area (Å²) in [6.07, 6.45) is 15.5. The fourth-order valence-electron chi connectivity index (χ4n) is 4.65. The molecule has 0 amide bonds. The van der Waals surface area contributed by atoms with Gasteiger partial charge in [-0.15, -0.1) is 0 Å². The molecule has 0 saturated heterocycles. The van der Waals surface area contributed by atoms with Crippen molar-refractivity contribution in [1.82, 2.24) is 0 Å². The summed E-state index contributed by atoms with van der Waals surface area (Å²) in [5, 5.41) is 0.201. The first-order valence-corrected chi connectivity index (χ1v) is 10.4. The van der Waals surface area contributed by atoms with Crippen molar-refractivity contribution >= 4 is 17.2 Å². The van der Waals surface area contributed by atoms with Crippen molar-refractivity contribution in [3.8, 4) is 5.75 Å². The quantitative estimate of drug-likeness (QED) is 0.485. The van der Waals surface area contributed by atoms with E-state index in [1.54, 1.807) is 6.07 Å². The van der Waals surface area contributed by atoms with E-state index in [1.807, 2.05) is 13.0 Å². The van der Waals surface area contributed by atoms with Gasteiger partial charge in [-0.2, -0.15) is 0 Å². The predicted molar refractivity (Wildman–Crippen MR) is 108 cm³/mol. The van der Waals surface area contributed by atoms with Gasteiger partial charge in [-0.05, 0) is 99.8 Å². The van der Waals surface area contributed by atoms with Crippen LogP contribution < -0.4 is 4.74 Å². The minimum Gasteiger partial charge on any atom is -0.491 e. The first-order chi connectivity index (χ1) is 12.6. The topological polar surface area (TPSA) is 9.23 Å². The second kappa shape index (κ2) is 9.08. The average molecular weight is 377 g/mol. The van der Waals surface area contributed by atoms with E-state index in [0.29, 0.717) is 6.61 Å². The molecule has 0 spiro atoms. The van der Waals surface area contributed by atoms with Crippen LogP contribution in [0, 0.1) is 23.6 Å². The molecule has 1 nitrogen and oxygen atoms in total. The molecule has 0 radical (unpaired) electrons. The largest absolute Gasteiger partial charge is 0.491 e. The van der Waals surface area contributed by atoms with E-state index in [2.05, 4.69) is 25.2 Å². The maximum atomic E-state index is 14.4. The summed E-state index contributed by atoms with van der Waals surface area (Å²) in [7, 11) is 0. The molecule has 142 valence electrons. The lowest BCUT2D eigenvalue weighted by atomic mass is 9.71. The third-order valence-corrected chi connectivity index (χ3v) is 6.46. The Hall–Kier alpha value is -1.28. The molecule has 0 bridgehead atoms. The highest BCUT2D eigenvalue weighted by Gasteiger charge is 2.28. The first-order valence-electron chi connectivity index (χ1n) is 10.1. The highest BCUT2D eigenvalue weighted by Crippen LogP contribution is 2.43. The molecule has 1 saturated carbocycles. The molecule has 0 N–H and O–H groups in total. The Bertz CT molecular complexity index is 671. The van der Waals surface area contributed by atoms with Crippen LogP contribution in [-0.4, -0.2) is 6.61 Å². The highest BCUT2D eigenvalue weighted by molar-refractivity contribution is 6.32. The molecule has 26 heavy (non-hydrogen) atoms. The van der Waals surface area contributed by atoms with Gasteiger partial charge in [-0.25, -0.2) is 4.39 Å². The van der Waals surface area contributed by atoms with Gasteiger partial charge in [0, 0.05) is 0 Å². The van der Waals surface area contributed by atoms with Crippen LogP contribution in [0.4, 0.5) is 4.39 Å². The fourth-order valence-corrected chi connectivity index (χ4v) is 4.93. The van der Waals surface area contributed by atoms with E-state index in [1.165, 1.54) is 37.7 Å². The number of halogens is 2. The molecule has 0 aromatic heterocycles. The molecule has 1 fully saturated rings. The monoisotopic (exact) mass is 376 g/mol. The maximum Gasteiger partial charge on any atom is 0.184 e. The lowest BCUT2D eigenvalue weighted by Crippen LogP contribution is -2.22. The van der Waals surface area contributed by atoms with Crippen molar-refractivity contribution in [3.63, 3.8) is 0 Å².